The molecule has 0 amide bonds. The number of H-pyrrole nitrogens is 1. The SMILES string of the molecule is CNc1nccc(-c2ccc3c(/C=C/c4cccc(CN(C)C)c4)n[nH]c3c2)n1. The second-order valence-electron chi connectivity index (χ2n) is 7.20. The first kappa shape index (κ1) is 18.8. The minimum Gasteiger partial charge on any atom is -0.357 e. The Morgan fingerprint density at radius 3 is 2.79 bits per heavy atom. The van der Waals surface area contributed by atoms with Crippen LogP contribution >= 0.6 is 0 Å². The summed E-state index contributed by atoms with van der Waals surface area (Å²) in [5.41, 5.74) is 6.25. The first-order valence-electron chi connectivity index (χ1n) is 9.53. The fourth-order valence-electron chi connectivity index (χ4n) is 3.30. The molecule has 0 saturated heterocycles. The molecule has 4 aromatic rings. The van der Waals surface area contributed by atoms with E-state index < -0.39 is 0 Å². The molecule has 0 bridgehead atoms. The maximum Gasteiger partial charge on any atom is 0.222 e. The summed E-state index contributed by atoms with van der Waals surface area (Å²) in [4.78, 5) is 10.8. The van der Waals surface area contributed by atoms with Crippen molar-refractivity contribution in [1.29, 1.82) is 0 Å². The zero-order valence-electron chi connectivity index (χ0n) is 16.8. The van der Waals surface area contributed by atoms with Gasteiger partial charge in [-0.2, -0.15) is 5.10 Å². The van der Waals surface area contributed by atoms with Crippen LogP contribution in [0.2, 0.25) is 0 Å². The molecule has 2 aromatic carbocycles. The maximum atomic E-state index is 4.51. The molecule has 0 atom stereocenters. The Hall–Kier alpha value is -3.51. The summed E-state index contributed by atoms with van der Waals surface area (Å²) in [6, 6.07) is 16.7. The summed E-state index contributed by atoms with van der Waals surface area (Å²) in [5.74, 6) is 0.604. The van der Waals surface area contributed by atoms with Crippen LogP contribution in [-0.4, -0.2) is 46.2 Å². The predicted molar refractivity (Wildman–Crippen MR) is 119 cm³/mol. The summed E-state index contributed by atoms with van der Waals surface area (Å²) in [6.45, 7) is 0.925. The normalized spacial score (nSPS) is 11.6. The second kappa shape index (κ2) is 8.24. The van der Waals surface area contributed by atoms with E-state index in [1.165, 1.54) is 5.56 Å². The van der Waals surface area contributed by atoms with Gasteiger partial charge in [0.15, 0.2) is 0 Å². The van der Waals surface area contributed by atoms with Gasteiger partial charge in [-0.05, 0) is 49.5 Å². The van der Waals surface area contributed by atoms with Gasteiger partial charge in [0.1, 0.15) is 0 Å². The lowest BCUT2D eigenvalue weighted by molar-refractivity contribution is 0.402. The van der Waals surface area contributed by atoms with Crippen LogP contribution in [-0.2, 0) is 6.54 Å². The minimum atomic E-state index is 0.604. The zero-order valence-corrected chi connectivity index (χ0v) is 16.8. The molecular formula is C23H24N6. The molecule has 6 heteroatoms. The molecule has 2 heterocycles. The average Bonchev–Trinajstić information content (AvgIpc) is 3.14. The third-order valence-corrected chi connectivity index (χ3v) is 4.65. The molecule has 0 radical (unpaired) electrons. The number of anilines is 1. The Labute approximate surface area is 170 Å². The lowest BCUT2D eigenvalue weighted by Gasteiger charge is -2.09. The van der Waals surface area contributed by atoms with Crippen molar-refractivity contribution in [1.82, 2.24) is 25.1 Å². The van der Waals surface area contributed by atoms with E-state index in [0.717, 1.165) is 40.0 Å². The lowest BCUT2D eigenvalue weighted by atomic mass is 10.1. The summed E-state index contributed by atoms with van der Waals surface area (Å²) >= 11 is 0. The standard InChI is InChI=1S/C23H24N6/c1-24-23-25-12-11-20(26-23)18-8-9-19-21(27-28-22(19)14-18)10-7-16-5-4-6-17(13-16)15-29(2)3/h4-14H,15H2,1-3H3,(H,27,28)(H,24,25,26)/b10-7+. The Bertz CT molecular complexity index is 1160. The third kappa shape index (κ3) is 4.33. The van der Waals surface area contributed by atoms with E-state index in [9.17, 15) is 0 Å². The first-order valence-corrected chi connectivity index (χ1v) is 9.53. The van der Waals surface area contributed by atoms with Crippen molar-refractivity contribution in [3.05, 3.63) is 71.5 Å². The highest BCUT2D eigenvalue weighted by atomic mass is 15.1. The molecule has 0 spiro atoms. The molecule has 29 heavy (non-hydrogen) atoms. The fourth-order valence-corrected chi connectivity index (χ4v) is 3.30. The highest BCUT2D eigenvalue weighted by Gasteiger charge is 2.07. The van der Waals surface area contributed by atoms with E-state index in [4.69, 9.17) is 0 Å². The number of aromatic amines is 1. The van der Waals surface area contributed by atoms with E-state index in [1.807, 2.05) is 13.1 Å². The Morgan fingerprint density at radius 1 is 1.07 bits per heavy atom. The number of aromatic nitrogens is 4. The van der Waals surface area contributed by atoms with Crippen LogP contribution in [0.5, 0.6) is 0 Å². The Kier molecular flexibility index (Phi) is 5.35. The molecule has 0 unspecified atom stereocenters. The first-order chi connectivity index (χ1) is 14.1. The van der Waals surface area contributed by atoms with Gasteiger partial charge in [-0.1, -0.05) is 36.4 Å². The smallest absolute Gasteiger partial charge is 0.222 e. The molecule has 0 aliphatic carbocycles. The highest BCUT2D eigenvalue weighted by molar-refractivity contribution is 5.91. The van der Waals surface area contributed by atoms with Crippen LogP contribution in [0.3, 0.4) is 0 Å². The zero-order chi connectivity index (χ0) is 20.2. The van der Waals surface area contributed by atoms with E-state index in [2.05, 4.69) is 99.1 Å². The summed E-state index contributed by atoms with van der Waals surface area (Å²) in [6.07, 6.45) is 5.91. The second-order valence-corrected chi connectivity index (χ2v) is 7.20. The summed E-state index contributed by atoms with van der Waals surface area (Å²) in [7, 11) is 5.97. The fraction of sp³-hybridized carbons (Fsp3) is 0.174. The number of hydrogen-bond acceptors (Lipinski definition) is 5. The number of rotatable bonds is 6. The van der Waals surface area contributed by atoms with Crippen molar-refractivity contribution in [3.63, 3.8) is 0 Å². The molecule has 4 rings (SSSR count). The maximum absolute atomic E-state index is 4.51. The van der Waals surface area contributed by atoms with Crippen LogP contribution in [0.15, 0.2) is 54.7 Å². The van der Waals surface area contributed by atoms with Crippen LogP contribution in [0.25, 0.3) is 34.3 Å². The molecule has 0 aliphatic heterocycles. The minimum absolute atomic E-state index is 0.604. The van der Waals surface area contributed by atoms with Gasteiger partial charge in [0.2, 0.25) is 5.95 Å². The van der Waals surface area contributed by atoms with Gasteiger partial charge in [0, 0.05) is 30.7 Å². The van der Waals surface area contributed by atoms with Crippen molar-refractivity contribution in [3.8, 4) is 11.3 Å². The topological polar surface area (TPSA) is 69.7 Å². The van der Waals surface area contributed by atoms with Gasteiger partial charge in [-0.15, -0.1) is 0 Å². The summed E-state index contributed by atoms with van der Waals surface area (Å²) < 4.78 is 0. The van der Waals surface area contributed by atoms with Gasteiger partial charge < -0.3 is 10.2 Å². The highest BCUT2D eigenvalue weighted by Crippen LogP contribution is 2.25. The molecular weight excluding hydrogens is 360 g/mol. The Balaban J connectivity index is 1.60. The molecule has 0 saturated carbocycles. The Morgan fingerprint density at radius 2 is 1.97 bits per heavy atom. The lowest BCUT2D eigenvalue weighted by Crippen LogP contribution is -2.10. The number of nitrogens with zero attached hydrogens (tertiary/aromatic N) is 4. The molecule has 0 aliphatic rings. The van der Waals surface area contributed by atoms with Crippen molar-refractivity contribution in [2.75, 3.05) is 26.5 Å². The molecule has 2 aromatic heterocycles. The van der Waals surface area contributed by atoms with E-state index in [1.54, 1.807) is 6.20 Å². The average molecular weight is 384 g/mol. The summed E-state index contributed by atoms with van der Waals surface area (Å²) in [5, 5.41) is 11.7. The molecule has 146 valence electrons. The van der Waals surface area contributed by atoms with Crippen molar-refractivity contribution in [2.24, 2.45) is 0 Å². The van der Waals surface area contributed by atoms with Gasteiger partial charge in [-0.3, -0.25) is 5.10 Å². The van der Waals surface area contributed by atoms with Gasteiger partial charge in [0.05, 0.1) is 16.9 Å². The number of nitrogens with one attached hydrogen (secondary N) is 2. The molecule has 0 fully saturated rings. The van der Waals surface area contributed by atoms with Crippen molar-refractivity contribution in [2.45, 2.75) is 6.54 Å². The molecule has 2 N–H and O–H groups in total. The van der Waals surface area contributed by atoms with Crippen LogP contribution in [0, 0.1) is 0 Å². The van der Waals surface area contributed by atoms with E-state index in [0.29, 0.717) is 5.95 Å². The largest absolute Gasteiger partial charge is 0.357 e. The number of benzene rings is 2. The molecule has 6 nitrogen and oxygen atoms in total. The van der Waals surface area contributed by atoms with Crippen LogP contribution in [0.4, 0.5) is 5.95 Å². The quantitative estimate of drug-likeness (QED) is 0.519. The predicted octanol–water partition coefficient (Wildman–Crippen LogP) is 4.29. The van der Waals surface area contributed by atoms with E-state index in [-0.39, 0.29) is 0 Å². The third-order valence-electron chi connectivity index (χ3n) is 4.65. The number of hydrogen-bond donors (Lipinski definition) is 2. The van der Waals surface area contributed by atoms with Crippen molar-refractivity contribution >= 4 is 29.0 Å². The van der Waals surface area contributed by atoms with E-state index >= 15 is 0 Å². The van der Waals surface area contributed by atoms with Crippen LogP contribution < -0.4 is 5.32 Å². The van der Waals surface area contributed by atoms with Gasteiger partial charge in [-0.25, -0.2) is 9.97 Å². The van der Waals surface area contributed by atoms with Crippen molar-refractivity contribution < 1.29 is 0 Å². The van der Waals surface area contributed by atoms with Gasteiger partial charge in [0.25, 0.3) is 0 Å². The van der Waals surface area contributed by atoms with Crippen LogP contribution in [0.1, 0.15) is 16.8 Å². The van der Waals surface area contributed by atoms with Gasteiger partial charge >= 0.3 is 0 Å². The number of fused-ring (bicyclic) bond motifs is 1. The monoisotopic (exact) mass is 384 g/mol.